The van der Waals surface area contributed by atoms with Gasteiger partial charge in [0.25, 0.3) is 0 Å². The van der Waals surface area contributed by atoms with Crippen molar-refractivity contribution in [3.63, 3.8) is 0 Å². The van der Waals surface area contributed by atoms with Gasteiger partial charge in [-0.25, -0.2) is 9.59 Å². The van der Waals surface area contributed by atoms with Crippen LogP contribution in [0.2, 0.25) is 0 Å². The molecular weight excluding hydrogens is 412 g/mol. The summed E-state index contributed by atoms with van der Waals surface area (Å²) >= 11 is 0. The van der Waals surface area contributed by atoms with Gasteiger partial charge in [0.1, 0.15) is 34.1 Å². The maximum absolute atomic E-state index is 12.8. The molecule has 0 aliphatic carbocycles. The number of ether oxygens (including phenoxy) is 4. The third-order valence-electron chi connectivity index (χ3n) is 4.94. The summed E-state index contributed by atoms with van der Waals surface area (Å²) in [5.41, 5.74) is 0.890. The minimum Gasteiger partial charge on any atom is -0.497 e. The molecule has 0 aliphatic heterocycles. The molecular formula is C25H20O7. The summed E-state index contributed by atoms with van der Waals surface area (Å²) < 4.78 is 26.8. The van der Waals surface area contributed by atoms with Crippen molar-refractivity contribution in [2.45, 2.75) is 0 Å². The van der Waals surface area contributed by atoms with Gasteiger partial charge in [0.05, 0.1) is 26.9 Å². The first-order valence-corrected chi connectivity index (χ1v) is 9.69. The predicted molar refractivity (Wildman–Crippen MR) is 119 cm³/mol. The van der Waals surface area contributed by atoms with Crippen LogP contribution in [0.5, 0.6) is 23.0 Å². The second-order valence-electron chi connectivity index (χ2n) is 6.80. The highest BCUT2D eigenvalue weighted by atomic mass is 16.5. The Balaban J connectivity index is 1.70. The number of hydrogen-bond donors (Lipinski definition) is 0. The smallest absolute Gasteiger partial charge is 0.347 e. The zero-order chi connectivity index (χ0) is 22.7. The fraction of sp³-hybridized carbons (Fsp3) is 0.120. The highest BCUT2D eigenvalue weighted by molar-refractivity contribution is 5.94. The first-order chi connectivity index (χ1) is 15.5. The Hall–Kier alpha value is -4.26. The van der Waals surface area contributed by atoms with Gasteiger partial charge in [0.15, 0.2) is 0 Å². The number of carbonyl (C=O) groups excluding carboxylic acids is 1. The van der Waals surface area contributed by atoms with Crippen LogP contribution in [-0.2, 0) is 0 Å². The molecule has 0 aliphatic rings. The van der Waals surface area contributed by atoms with Crippen LogP contribution in [0.15, 0.2) is 75.9 Å². The average molecular weight is 432 g/mol. The SMILES string of the molecule is COc1ccc(OC)c(-c2cc3ccc(OC(=O)c4ccccc4OC)cc3oc2=O)c1. The van der Waals surface area contributed by atoms with Crippen molar-refractivity contribution < 1.29 is 28.2 Å². The molecule has 0 fully saturated rings. The molecule has 7 nitrogen and oxygen atoms in total. The number of rotatable bonds is 6. The van der Waals surface area contributed by atoms with Gasteiger partial charge in [-0.15, -0.1) is 0 Å². The fourth-order valence-electron chi connectivity index (χ4n) is 3.34. The molecule has 0 spiro atoms. The average Bonchev–Trinajstić information content (AvgIpc) is 2.83. The largest absolute Gasteiger partial charge is 0.497 e. The van der Waals surface area contributed by atoms with Crippen LogP contribution in [0, 0.1) is 0 Å². The van der Waals surface area contributed by atoms with Gasteiger partial charge in [-0.2, -0.15) is 0 Å². The Labute approximate surface area is 183 Å². The summed E-state index contributed by atoms with van der Waals surface area (Å²) in [7, 11) is 4.55. The molecule has 4 aromatic rings. The Kier molecular flexibility index (Phi) is 5.81. The van der Waals surface area contributed by atoms with Crippen LogP contribution in [0.3, 0.4) is 0 Å². The minimum absolute atomic E-state index is 0.239. The minimum atomic E-state index is -0.582. The van der Waals surface area contributed by atoms with Crippen molar-refractivity contribution >= 4 is 16.9 Å². The Morgan fingerprint density at radius 2 is 1.50 bits per heavy atom. The summed E-state index contributed by atoms with van der Waals surface area (Å²) in [4.78, 5) is 25.3. The molecule has 0 saturated carbocycles. The first kappa shape index (κ1) is 21.0. The van der Waals surface area contributed by atoms with Gasteiger partial charge in [-0.05, 0) is 48.5 Å². The van der Waals surface area contributed by atoms with Gasteiger partial charge in [0.2, 0.25) is 0 Å². The van der Waals surface area contributed by atoms with E-state index in [1.54, 1.807) is 67.8 Å². The van der Waals surface area contributed by atoms with Crippen molar-refractivity contribution in [1.82, 2.24) is 0 Å². The van der Waals surface area contributed by atoms with Crippen LogP contribution in [0.4, 0.5) is 0 Å². The van der Waals surface area contributed by atoms with Gasteiger partial charge in [-0.1, -0.05) is 12.1 Å². The van der Waals surface area contributed by atoms with Gasteiger partial charge < -0.3 is 23.4 Å². The molecule has 1 heterocycles. The number of carbonyl (C=O) groups is 1. The number of fused-ring (bicyclic) bond motifs is 1. The lowest BCUT2D eigenvalue weighted by atomic mass is 10.0. The zero-order valence-corrected chi connectivity index (χ0v) is 17.7. The lowest BCUT2D eigenvalue weighted by Crippen LogP contribution is -2.10. The third-order valence-corrected chi connectivity index (χ3v) is 4.94. The van der Waals surface area contributed by atoms with Gasteiger partial charge in [-0.3, -0.25) is 0 Å². The van der Waals surface area contributed by atoms with Crippen molar-refractivity contribution in [3.05, 3.63) is 82.7 Å². The number of hydrogen-bond acceptors (Lipinski definition) is 7. The molecule has 4 rings (SSSR count). The molecule has 0 radical (unpaired) electrons. The van der Waals surface area contributed by atoms with Crippen LogP contribution >= 0.6 is 0 Å². The predicted octanol–water partition coefficient (Wildman–Crippen LogP) is 4.71. The second-order valence-corrected chi connectivity index (χ2v) is 6.80. The standard InChI is InChI=1S/C25H20O7/c1-28-16-10-11-22(30-3)19(13-16)20-12-15-8-9-17(14-23(15)32-25(20)27)31-24(26)18-6-4-5-7-21(18)29-2/h4-14H,1-3H3. The quantitative estimate of drug-likeness (QED) is 0.248. The van der Waals surface area contributed by atoms with Gasteiger partial charge in [0, 0.05) is 17.0 Å². The highest BCUT2D eigenvalue weighted by Gasteiger charge is 2.17. The normalized spacial score (nSPS) is 10.6. The van der Waals surface area contributed by atoms with E-state index in [-0.39, 0.29) is 16.9 Å². The van der Waals surface area contributed by atoms with Crippen molar-refractivity contribution in [3.8, 4) is 34.1 Å². The molecule has 0 saturated heterocycles. The first-order valence-electron chi connectivity index (χ1n) is 9.69. The third kappa shape index (κ3) is 4.00. The van der Waals surface area contributed by atoms with E-state index in [1.165, 1.54) is 20.3 Å². The number of benzene rings is 3. The molecule has 0 N–H and O–H groups in total. The van der Waals surface area contributed by atoms with Gasteiger partial charge >= 0.3 is 11.6 Å². The van der Waals surface area contributed by atoms with E-state index in [0.717, 1.165) is 0 Å². The molecule has 0 unspecified atom stereocenters. The Morgan fingerprint density at radius 3 is 2.25 bits per heavy atom. The van der Waals surface area contributed by atoms with Crippen LogP contribution in [0.1, 0.15) is 10.4 Å². The Bertz CT molecular complexity index is 1350. The fourth-order valence-corrected chi connectivity index (χ4v) is 3.34. The van der Waals surface area contributed by atoms with E-state index >= 15 is 0 Å². The number of methoxy groups -OCH3 is 3. The van der Waals surface area contributed by atoms with E-state index < -0.39 is 11.6 Å². The summed E-state index contributed by atoms with van der Waals surface area (Å²) in [5, 5.41) is 0.654. The van der Waals surface area contributed by atoms with E-state index in [1.807, 2.05) is 0 Å². The molecule has 0 amide bonds. The van der Waals surface area contributed by atoms with Crippen molar-refractivity contribution in [1.29, 1.82) is 0 Å². The summed E-state index contributed by atoms with van der Waals surface area (Å²) in [6, 6.07) is 18.5. The molecule has 7 heteroatoms. The van der Waals surface area contributed by atoms with Crippen LogP contribution < -0.4 is 24.6 Å². The van der Waals surface area contributed by atoms with Crippen LogP contribution in [0.25, 0.3) is 22.1 Å². The lowest BCUT2D eigenvalue weighted by molar-refractivity contribution is 0.0731. The molecule has 162 valence electrons. The van der Waals surface area contributed by atoms with Crippen molar-refractivity contribution in [2.24, 2.45) is 0 Å². The topological polar surface area (TPSA) is 84.2 Å². The number of esters is 1. The van der Waals surface area contributed by atoms with E-state index in [2.05, 4.69) is 0 Å². The maximum atomic E-state index is 12.8. The van der Waals surface area contributed by atoms with E-state index in [4.69, 9.17) is 23.4 Å². The highest BCUT2D eigenvalue weighted by Crippen LogP contribution is 2.33. The monoisotopic (exact) mass is 432 g/mol. The second kappa shape index (κ2) is 8.85. The van der Waals surface area contributed by atoms with Crippen molar-refractivity contribution in [2.75, 3.05) is 21.3 Å². The molecule has 32 heavy (non-hydrogen) atoms. The summed E-state index contributed by atoms with van der Waals surface area (Å²) in [6.07, 6.45) is 0. The number of para-hydroxylation sites is 1. The van der Waals surface area contributed by atoms with E-state index in [0.29, 0.717) is 33.8 Å². The summed E-state index contributed by atoms with van der Waals surface area (Å²) in [6.45, 7) is 0. The zero-order valence-electron chi connectivity index (χ0n) is 17.7. The van der Waals surface area contributed by atoms with Crippen LogP contribution in [-0.4, -0.2) is 27.3 Å². The maximum Gasteiger partial charge on any atom is 0.347 e. The molecule has 3 aromatic carbocycles. The summed E-state index contributed by atoms with van der Waals surface area (Å²) in [5.74, 6) is 1.16. The lowest BCUT2D eigenvalue weighted by Gasteiger charge is -2.11. The molecule has 0 bridgehead atoms. The molecule has 0 atom stereocenters. The Morgan fingerprint density at radius 1 is 0.750 bits per heavy atom. The molecule has 1 aromatic heterocycles. The van der Waals surface area contributed by atoms with E-state index in [9.17, 15) is 9.59 Å².